The first-order chi connectivity index (χ1) is 10.4. The maximum Gasteiger partial charge on any atom is 0.272 e. The van der Waals surface area contributed by atoms with Gasteiger partial charge >= 0.3 is 0 Å². The number of carbonyl (C=O) groups is 3. The SMILES string of the molecule is Cc1c(CN2C(=O)CCCC2=O)cc(O)c(C(=O)NN)c1O. The molecule has 1 heterocycles. The summed E-state index contributed by atoms with van der Waals surface area (Å²) in [6.45, 7) is 1.46. The highest BCUT2D eigenvalue weighted by Gasteiger charge is 2.28. The number of hydrogen-bond acceptors (Lipinski definition) is 6. The Hall–Kier alpha value is -2.61. The first kappa shape index (κ1) is 15.8. The van der Waals surface area contributed by atoms with Gasteiger partial charge in [-0.2, -0.15) is 0 Å². The molecule has 0 aliphatic carbocycles. The van der Waals surface area contributed by atoms with E-state index in [-0.39, 0.29) is 36.8 Å². The number of piperidine rings is 1. The Morgan fingerprint density at radius 3 is 2.45 bits per heavy atom. The van der Waals surface area contributed by atoms with Crippen LogP contribution in [0.5, 0.6) is 11.5 Å². The molecule has 1 aliphatic rings. The normalized spacial score (nSPS) is 15.1. The van der Waals surface area contributed by atoms with Gasteiger partial charge < -0.3 is 10.2 Å². The summed E-state index contributed by atoms with van der Waals surface area (Å²) < 4.78 is 0. The van der Waals surface area contributed by atoms with Crippen molar-refractivity contribution in [2.75, 3.05) is 0 Å². The molecule has 0 spiro atoms. The first-order valence-corrected chi connectivity index (χ1v) is 6.75. The van der Waals surface area contributed by atoms with Crippen LogP contribution in [0.3, 0.4) is 0 Å². The molecule has 118 valence electrons. The van der Waals surface area contributed by atoms with E-state index < -0.39 is 17.4 Å². The summed E-state index contributed by atoms with van der Waals surface area (Å²) in [5.74, 6) is 2.66. The van der Waals surface area contributed by atoms with Gasteiger partial charge in [0.1, 0.15) is 17.1 Å². The fourth-order valence-electron chi connectivity index (χ4n) is 2.41. The van der Waals surface area contributed by atoms with Crippen molar-refractivity contribution in [3.8, 4) is 11.5 Å². The van der Waals surface area contributed by atoms with Crippen LogP contribution in [0.25, 0.3) is 0 Å². The zero-order chi connectivity index (χ0) is 16.4. The lowest BCUT2D eigenvalue weighted by molar-refractivity contribution is -0.148. The number of hydrogen-bond donors (Lipinski definition) is 4. The van der Waals surface area contributed by atoms with Crippen LogP contribution in [-0.4, -0.2) is 32.8 Å². The van der Waals surface area contributed by atoms with Gasteiger partial charge in [-0.1, -0.05) is 0 Å². The number of likely N-dealkylation sites (tertiary alicyclic amines) is 1. The molecule has 22 heavy (non-hydrogen) atoms. The molecule has 0 bridgehead atoms. The van der Waals surface area contributed by atoms with E-state index >= 15 is 0 Å². The molecule has 1 aliphatic heterocycles. The number of imide groups is 1. The second-order valence-corrected chi connectivity index (χ2v) is 5.10. The number of carbonyl (C=O) groups excluding carboxylic acids is 3. The third kappa shape index (κ3) is 2.73. The highest BCUT2D eigenvalue weighted by Crippen LogP contribution is 2.34. The Kier molecular flexibility index (Phi) is 4.32. The van der Waals surface area contributed by atoms with Crippen molar-refractivity contribution in [1.82, 2.24) is 10.3 Å². The molecule has 5 N–H and O–H groups in total. The summed E-state index contributed by atoms with van der Waals surface area (Å²) in [5.41, 5.74) is 2.16. The number of nitrogens with one attached hydrogen (secondary N) is 1. The van der Waals surface area contributed by atoms with Crippen LogP contribution in [0, 0.1) is 6.92 Å². The van der Waals surface area contributed by atoms with Crippen LogP contribution in [0.15, 0.2) is 6.07 Å². The molecule has 1 aromatic carbocycles. The smallest absolute Gasteiger partial charge is 0.272 e. The topological polar surface area (TPSA) is 133 Å². The van der Waals surface area contributed by atoms with E-state index in [4.69, 9.17) is 5.84 Å². The second kappa shape index (κ2) is 6.02. The summed E-state index contributed by atoms with van der Waals surface area (Å²) in [5, 5.41) is 20.0. The Labute approximate surface area is 126 Å². The van der Waals surface area contributed by atoms with Gasteiger partial charge in [0, 0.05) is 12.8 Å². The predicted molar refractivity (Wildman–Crippen MR) is 75.6 cm³/mol. The average molecular weight is 307 g/mol. The number of nitrogens with two attached hydrogens (primary N) is 1. The van der Waals surface area contributed by atoms with E-state index in [1.807, 2.05) is 5.43 Å². The standard InChI is InChI=1S/C14H17N3O5/c1-7-8(6-17-10(19)3-2-4-11(17)20)5-9(18)12(13(7)21)14(22)16-15/h5,18,21H,2-4,6,15H2,1H3,(H,16,22). The fraction of sp³-hybridized carbons (Fsp3) is 0.357. The van der Waals surface area contributed by atoms with Crippen LogP contribution in [0.4, 0.5) is 0 Å². The number of phenols is 2. The van der Waals surface area contributed by atoms with Crippen molar-refractivity contribution >= 4 is 17.7 Å². The van der Waals surface area contributed by atoms with Gasteiger partial charge in [-0.15, -0.1) is 0 Å². The van der Waals surface area contributed by atoms with Crippen molar-refractivity contribution < 1.29 is 24.6 Å². The fourth-order valence-corrected chi connectivity index (χ4v) is 2.41. The minimum atomic E-state index is -0.838. The lowest BCUT2D eigenvalue weighted by atomic mass is 10.00. The lowest BCUT2D eigenvalue weighted by Crippen LogP contribution is -2.39. The molecule has 0 atom stereocenters. The van der Waals surface area contributed by atoms with E-state index in [0.717, 1.165) is 4.90 Å². The van der Waals surface area contributed by atoms with Crippen molar-refractivity contribution in [3.63, 3.8) is 0 Å². The summed E-state index contributed by atoms with van der Waals surface area (Å²) in [6.07, 6.45) is 1.10. The van der Waals surface area contributed by atoms with E-state index in [1.54, 1.807) is 0 Å². The van der Waals surface area contributed by atoms with E-state index in [0.29, 0.717) is 17.5 Å². The van der Waals surface area contributed by atoms with Gasteiger partial charge in [0.05, 0.1) is 6.54 Å². The summed E-state index contributed by atoms with van der Waals surface area (Å²) >= 11 is 0. The quantitative estimate of drug-likeness (QED) is 0.270. The van der Waals surface area contributed by atoms with Crippen LogP contribution in [-0.2, 0) is 16.1 Å². The number of benzene rings is 1. The number of phenolic OH excluding ortho intramolecular Hbond substituents is 2. The second-order valence-electron chi connectivity index (χ2n) is 5.10. The van der Waals surface area contributed by atoms with Gasteiger partial charge in [-0.3, -0.25) is 24.7 Å². The van der Waals surface area contributed by atoms with Gasteiger partial charge in [0.15, 0.2) is 0 Å². The van der Waals surface area contributed by atoms with Crippen molar-refractivity contribution in [3.05, 3.63) is 22.8 Å². The van der Waals surface area contributed by atoms with Crippen LogP contribution < -0.4 is 11.3 Å². The Morgan fingerprint density at radius 1 is 1.32 bits per heavy atom. The highest BCUT2D eigenvalue weighted by molar-refractivity contribution is 6.00. The average Bonchev–Trinajstić information content (AvgIpc) is 2.47. The summed E-state index contributed by atoms with van der Waals surface area (Å²) in [7, 11) is 0. The summed E-state index contributed by atoms with van der Waals surface area (Å²) in [4.78, 5) is 36.3. The van der Waals surface area contributed by atoms with Crippen molar-refractivity contribution in [2.45, 2.75) is 32.7 Å². The molecular weight excluding hydrogens is 290 g/mol. The Balaban J connectivity index is 2.39. The molecule has 8 heteroatoms. The number of nitrogen functional groups attached to an aromatic ring is 1. The van der Waals surface area contributed by atoms with Gasteiger partial charge in [0.2, 0.25) is 11.8 Å². The van der Waals surface area contributed by atoms with Gasteiger partial charge in [-0.25, -0.2) is 5.84 Å². The van der Waals surface area contributed by atoms with Crippen LogP contribution in [0.2, 0.25) is 0 Å². The number of aromatic hydroxyl groups is 2. The van der Waals surface area contributed by atoms with Crippen molar-refractivity contribution in [1.29, 1.82) is 0 Å². The zero-order valence-electron chi connectivity index (χ0n) is 12.0. The molecule has 1 fully saturated rings. The third-order valence-electron chi connectivity index (χ3n) is 3.71. The Morgan fingerprint density at radius 2 is 1.91 bits per heavy atom. The molecule has 8 nitrogen and oxygen atoms in total. The van der Waals surface area contributed by atoms with Crippen molar-refractivity contribution in [2.24, 2.45) is 5.84 Å². The predicted octanol–water partition coefficient (Wildman–Crippen LogP) is 0.0488. The number of hydrazine groups is 1. The Bertz CT molecular complexity index is 640. The van der Waals surface area contributed by atoms with E-state index in [9.17, 15) is 24.6 Å². The number of rotatable bonds is 3. The molecule has 0 unspecified atom stereocenters. The maximum atomic E-state index is 11.8. The highest BCUT2D eigenvalue weighted by atomic mass is 16.3. The molecule has 1 aromatic rings. The van der Waals surface area contributed by atoms with Crippen LogP contribution in [0.1, 0.15) is 40.7 Å². The minimum Gasteiger partial charge on any atom is -0.507 e. The van der Waals surface area contributed by atoms with E-state index in [2.05, 4.69) is 0 Å². The lowest BCUT2D eigenvalue weighted by Gasteiger charge is -2.26. The monoisotopic (exact) mass is 307 g/mol. The minimum absolute atomic E-state index is 0.0604. The maximum absolute atomic E-state index is 11.8. The number of nitrogens with zero attached hydrogens (tertiary/aromatic N) is 1. The summed E-state index contributed by atoms with van der Waals surface area (Å²) in [6, 6.07) is 1.24. The first-order valence-electron chi connectivity index (χ1n) is 6.75. The molecule has 0 saturated carbocycles. The zero-order valence-corrected chi connectivity index (χ0v) is 12.0. The van der Waals surface area contributed by atoms with Gasteiger partial charge in [0.25, 0.3) is 5.91 Å². The molecule has 1 saturated heterocycles. The van der Waals surface area contributed by atoms with Gasteiger partial charge in [-0.05, 0) is 30.5 Å². The molecular formula is C14H17N3O5. The molecule has 2 rings (SSSR count). The van der Waals surface area contributed by atoms with E-state index in [1.165, 1.54) is 13.0 Å². The molecule has 0 radical (unpaired) electrons. The largest absolute Gasteiger partial charge is 0.507 e. The number of amides is 3. The third-order valence-corrected chi connectivity index (χ3v) is 3.71. The van der Waals surface area contributed by atoms with Crippen LogP contribution >= 0.6 is 0 Å². The molecule has 0 aromatic heterocycles. The molecule has 3 amide bonds.